The van der Waals surface area contributed by atoms with Crippen molar-refractivity contribution >= 4 is 34.5 Å². The molecule has 0 bridgehead atoms. The van der Waals surface area contributed by atoms with Crippen molar-refractivity contribution < 1.29 is 14.3 Å². The molecule has 0 spiro atoms. The van der Waals surface area contributed by atoms with Gasteiger partial charge < -0.3 is 10.1 Å². The van der Waals surface area contributed by atoms with Crippen molar-refractivity contribution in [1.82, 2.24) is 10.6 Å². The molecule has 3 amide bonds. The summed E-state index contributed by atoms with van der Waals surface area (Å²) >= 11 is 2.14. The van der Waals surface area contributed by atoms with Crippen molar-refractivity contribution in [1.29, 1.82) is 0 Å². The fraction of sp³-hybridized carbons (Fsp3) is 0.200. The Kier molecular flexibility index (Phi) is 5.03. The van der Waals surface area contributed by atoms with E-state index in [2.05, 4.69) is 33.2 Å². The topological polar surface area (TPSA) is 67.4 Å². The number of carbonyl (C=O) groups is 2. The van der Waals surface area contributed by atoms with Crippen LogP contribution in [0.1, 0.15) is 0 Å². The van der Waals surface area contributed by atoms with Gasteiger partial charge in [-0.3, -0.25) is 10.1 Å². The molecule has 2 N–H and O–H groups in total. The number of imide groups is 1. The molecule has 0 saturated heterocycles. The van der Waals surface area contributed by atoms with E-state index in [1.54, 1.807) is 12.1 Å². The average molecular weight is 334 g/mol. The predicted molar refractivity (Wildman–Crippen MR) is 67.3 cm³/mol. The molecule has 1 aromatic carbocycles. The molecule has 0 atom stereocenters. The SMILES string of the molecule is CNC(=O)NC(=O)COc1cccc(I)c1. The highest BCUT2D eigenvalue weighted by Crippen LogP contribution is 2.14. The second kappa shape index (κ2) is 6.31. The number of amides is 3. The summed E-state index contributed by atoms with van der Waals surface area (Å²) in [4.78, 5) is 22.0. The normalized spacial score (nSPS) is 9.38. The third kappa shape index (κ3) is 4.47. The molecule has 0 aromatic heterocycles. The zero-order valence-electron chi connectivity index (χ0n) is 8.62. The average Bonchev–Trinajstić information content (AvgIpc) is 2.26. The van der Waals surface area contributed by atoms with E-state index >= 15 is 0 Å². The predicted octanol–water partition coefficient (Wildman–Crippen LogP) is 1.13. The summed E-state index contributed by atoms with van der Waals surface area (Å²) < 4.78 is 6.21. The lowest BCUT2D eigenvalue weighted by Crippen LogP contribution is -2.39. The standard InChI is InChI=1S/C10H11IN2O3/c1-12-10(15)13-9(14)6-16-8-4-2-3-7(11)5-8/h2-5H,6H2,1H3,(H2,12,13,14,15). The number of benzene rings is 1. The Morgan fingerprint density at radius 3 is 2.81 bits per heavy atom. The number of carbonyl (C=O) groups excluding carboxylic acids is 2. The first-order chi connectivity index (χ1) is 7.61. The maximum atomic E-state index is 11.2. The van der Waals surface area contributed by atoms with Gasteiger partial charge in [0.25, 0.3) is 5.91 Å². The molecule has 0 saturated carbocycles. The highest BCUT2D eigenvalue weighted by molar-refractivity contribution is 14.1. The van der Waals surface area contributed by atoms with E-state index in [0.29, 0.717) is 5.75 Å². The molecule has 6 heteroatoms. The summed E-state index contributed by atoms with van der Waals surface area (Å²) in [5.41, 5.74) is 0. The Morgan fingerprint density at radius 1 is 1.44 bits per heavy atom. The summed E-state index contributed by atoms with van der Waals surface area (Å²) in [6.07, 6.45) is 0. The zero-order chi connectivity index (χ0) is 12.0. The van der Waals surface area contributed by atoms with Crippen molar-refractivity contribution in [3.63, 3.8) is 0 Å². The molecule has 0 aliphatic heterocycles. The van der Waals surface area contributed by atoms with Crippen LogP contribution in [-0.2, 0) is 4.79 Å². The van der Waals surface area contributed by atoms with Gasteiger partial charge in [-0.1, -0.05) is 6.07 Å². The molecular formula is C10H11IN2O3. The van der Waals surface area contributed by atoms with E-state index in [9.17, 15) is 9.59 Å². The number of urea groups is 1. The summed E-state index contributed by atoms with van der Waals surface area (Å²) in [7, 11) is 1.43. The lowest BCUT2D eigenvalue weighted by molar-refractivity contribution is -0.122. The van der Waals surface area contributed by atoms with Crippen molar-refractivity contribution in [2.75, 3.05) is 13.7 Å². The van der Waals surface area contributed by atoms with Gasteiger partial charge in [0.05, 0.1) is 0 Å². The molecule has 0 radical (unpaired) electrons. The molecule has 86 valence electrons. The number of halogens is 1. The van der Waals surface area contributed by atoms with Gasteiger partial charge in [0, 0.05) is 10.6 Å². The van der Waals surface area contributed by atoms with Crippen LogP contribution in [0, 0.1) is 3.57 Å². The molecule has 1 aromatic rings. The molecule has 0 heterocycles. The zero-order valence-corrected chi connectivity index (χ0v) is 10.8. The first kappa shape index (κ1) is 12.8. The molecular weight excluding hydrogens is 323 g/mol. The van der Waals surface area contributed by atoms with Crippen LogP contribution in [0.15, 0.2) is 24.3 Å². The fourth-order valence-electron chi connectivity index (χ4n) is 0.931. The molecule has 5 nitrogen and oxygen atoms in total. The van der Waals surface area contributed by atoms with Gasteiger partial charge in [0.2, 0.25) is 0 Å². The first-order valence-electron chi connectivity index (χ1n) is 4.51. The second-order valence-corrected chi connectivity index (χ2v) is 4.12. The van der Waals surface area contributed by atoms with Crippen LogP contribution in [0.3, 0.4) is 0 Å². The number of hydrogen-bond acceptors (Lipinski definition) is 3. The molecule has 0 unspecified atom stereocenters. The lowest BCUT2D eigenvalue weighted by Gasteiger charge is -2.06. The summed E-state index contributed by atoms with van der Waals surface area (Å²) in [6, 6.07) is 6.74. The van der Waals surface area contributed by atoms with Crippen molar-refractivity contribution in [2.45, 2.75) is 0 Å². The highest BCUT2D eigenvalue weighted by atomic mass is 127. The Labute approximate surface area is 107 Å². The first-order valence-corrected chi connectivity index (χ1v) is 5.59. The van der Waals surface area contributed by atoms with Gasteiger partial charge >= 0.3 is 6.03 Å². The minimum Gasteiger partial charge on any atom is -0.484 e. The van der Waals surface area contributed by atoms with Crippen molar-refractivity contribution in [3.05, 3.63) is 27.8 Å². The number of ether oxygens (including phenoxy) is 1. The van der Waals surface area contributed by atoms with Crippen LogP contribution in [0.5, 0.6) is 5.75 Å². The van der Waals surface area contributed by atoms with Gasteiger partial charge in [-0.25, -0.2) is 4.79 Å². The van der Waals surface area contributed by atoms with Crippen molar-refractivity contribution in [3.8, 4) is 5.75 Å². The Hall–Kier alpha value is -1.31. The van der Waals surface area contributed by atoms with E-state index in [-0.39, 0.29) is 6.61 Å². The van der Waals surface area contributed by atoms with Crippen LogP contribution in [-0.4, -0.2) is 25.6 Å². The Balaban J connectivity index is 2.40. The van der Waals surface area contributed by atoms with E-state index in [1.807, 2.05) is 12.1 Å². The smallest absolute Gasteiger partial charge is 0.321 e. The van der Waals surface area contributed by atoms with Gasteiger partial charge in [0.15, 0.2) is 6.61 Å². The Bertz CT molecular complexity index is 395. The highest BCUT2D eigenvalue weighted by Gasteiger charge is 2.06. The summed E-state index contributed by atoms with van der Waals surface area (Å²) in [5, 5.41) is 4.37. The molecule has 0 fully saturated rings. The maximum absolute atomic E-state index is 11.2. The minimum atomic E-state index is -0.545. The second-order valence-electron chi connectivity index (χ2n) is 2.87. The Morgan fingerprint density at radius 2 is 2.19 bits per heavy atom. The molecule has 0 aliphatic carbocycles. The third-order valence-corrected chi connectivity index (χ3v) is 2.32. The number of nitrogens with one attached hydrogen (secondary N) is 2. The summed E-state index contributed by atoms with van der Waals surface area (Å²) in [5.74, 6) is 0.108. The van der Waals surface area contributed by atoms with Gasteiger partial charge in [-0.15, -0.1) is 0 Å². The maximum Gasteiger partial charge on any atom is 0.321 e. The molecule has 16 heavy (non-hydrogen) atoms. The van der Waals surface area contributed by atoms with Crippen LogP contribution in [0.4, 0.5) is 4.79 Å². The minimum absolute atomic E-state index is 0.187. The third-order valence-electron chi connectivity index (χ3n) is 1.65. The van der Waals surface area contributed by atoms with E-state index in [0.717, 1.165) is 3.57 Å². The molecule has 1 rings (SSSR count). The van der Waals surface area contributed by atoms with E-state index in [4.69, 9.17) is 4.74 Å². The quantitative estimate of drug-likeness (QED) is 0.815. The van der Waals surface area contributed by atoms with Crippen molar-refractivity contribution in [2.24, 2.45) is 0 Å². The van der Waals surface area contributed by atoms with Crippen LogP contribution in [0.25, 0.3) is 0 Å². The molecule has 0 aliphatic rings. The van der Waals surface area contributed by atoms with Gasteiger partial charge in [-0.2, -0.15) is 0 Å². The van der Waals surface area contributed by atoms with E-state index in [1.165, 1.54) is 7.05 Å². The van der Waals surface area contributed by atoms with Crippen LogP contribution < -0.4 is 15.4 Å². The number of hydrogen-bond donors (Lipinski definition) is 2. The van der Waals surface area contributed by atoms with Gasteiger partial charge in [-0.05, 0) is 40.8 Å². The van der Waals surface area contributed by atoms with Crippen LogP contribution in [0.2, 0.25) is 0 Å². The largest absolute Gasteiger partial charge is 0.484 e. The number of rotatable bonds is 3. The summed E-state index contributed by atoms with van der Waals surface area (Å²) in [6.45, 7) is -0.187. The van der Waals surface area contributed by atoms with E-state index < -0.39 is 11.9 Å². The lowest BCUT2D eigenvalue weighted by atomic mass is 10.3. The van der Waals surface area contributed by atoms with Gasteiger partial charge in [0.1, 0.15) is 5.75 Å². The fourth-order valence-corrected chi connectivity index (χ4v) is 1.45. The van der Waals surface area contributed by atoms with Crippen LogP contribution >= 0.6 is 22.6 Å². The monoisotopic (exact) mass is 334 g/mol.